The average Bonchev–Trinajstić information content (AvgIpc) is 2.97. The largest absolute Gasteiger partial charge is 0.338 e. The highest BCUT2D eigenvalue weighted by Crippen LogP contribution is 2.29. The van der Waals surface area contributed by atoms with Crippen molar-refractivity contribution < 1.29 is 4.79 Å². The summed E-state index contributed by atoms with van der Waals surface area (Å²) < 4.78 is 0. The SMILES string of the molecule is O=Cc1ccc2cc(-c3nc4cc(Cl)c(Cl)cc4[nH]3)ccc2n1. The second-order valence-corrected chi connectivity index (χ2v) is 5.94. The van der Waals surface area contributed by atoms with Gasteiger partial charge in [0.1, 0.15) is 11.5 Å². The van der Waals surface area contributed by atoms with E-state index >= 15 is 0 Å². The van der Waals surface area contributed by atoms with E-state index in [0.29, 0.717) is 15.7 Å². The average molecular weight is 342 g/mol. The van der Waals surface area contributed by atoms with Crippen LogP contribution in [0.15, 0.2) is 42.5 Å². The molecule has 0 fully saturated rings. The van der Waals surface area contributed by atoms with E-state index in [4.69, 9.17) is 23.2 Å². The summed E-state index contributed by atoms with van der Waals surface area (Å²) in [6, 6.07) is 12.8. The number of imidazole rings is 1. The normalized spacial score (nSPS) is 11.2. The maximum Gasteiger partial charge on any atom is 0.168 e. The standard InChI is InChI=1S/C17H9Cl2N3O/c18-12-6-15-16(7-13(12)19)22-17(21-15)10-2-4-14-9(5-10)1-3-11(8-23)20-14/h1-8H,(H,21,22). The lowest BCUT2D eigenvalue weighted by Gasteiger charge is -2.01. The van der Waals surface area contributed by atoms with Crippen LogP contribution in [-0.4, -0.2) is 21.2 Å². The second-order valence-electron chi connectivity index (χ2n) is 5.13. The number of nitrogens with zero attached hydrogens (tertiary/aromatic N) is 2. The summed E-state index contributed by atoms with van der Waals surface area (Å²) in [6.45, 7) is 0. The maximum atomic E-state index is 10.8. The Kier molecular flexibility index (Phi) is 3.29. The van der Waals surface area contributed by atoms with Gasteiger partial charge in [0.05, 0.1) is 26.6 Å². The Labute approximate surface area is 141 Å². The van der Waals surface area contributed by atoms with Crippen LogP contribution in [0.2, 0.25) is 10.0 Å². The van der Waals surface area contributed by atoms with Crippen molar-refractivity contribution >= 4 is 51.4 Å². The van der Waals surface area contributed by atoms with E-state index in [1.165, 1.54) is 0 Å². The first-order valence-corrected chi connectivity index (χ1v) is 7.61. The minimum Gasteiger partial charge on any atom is -0.338 e. The summed E-state index contributed by atoms with van der Waals surface area (Å²) in [7, 11) is 0. The van der Waals surface area contributed by atoms with Gasteiger partial charge in [0.15, 0.2) is 6.29 Å². The maximum absolute atomic E-state index is 10.8. The van der Waals surface area contributed by atoms with Crippen molar-refractivity contribution in [2.75, 3.05) is 0 Å². The zero-order valence-electron chi connectivity index (χ0n) is 11.7. The predicted molar refractivity (Wildman–Crippen MR) is 92.2 cm³/mol. The molecular formula is C17H9Cl2N3O. The van der Waals surface area contributed by atoms with Gasteiger partial charge in [-0.1, -0.05) is 29.3 Å². The van der Waals surface area contributed by atoms with Gasteiger partial charge in [-0.05, 0) is 36.4 Å². The van der Waals surface area contributed by atoms with Gasteiger partial charge >= 0.3 is 0 Å². The first-order valence-electron chi connectivity index (χ1n) is 6.85. The highest BCUT2D eigenvalue weighted by Gasteiger charge is 2.09. The van der Waals surface area contributed by atoms with Crippen molar-refractivity contribution in [3.8, 4) is 11.4 Å². The Morgan fingerprint density at radius 3 is 2.57 bits per heavy atom. The quantitative estimate of drug-likeness (QED) is 0.527. The van der Waals surface area contributed by atoms with Crippen LogP contribution in [0.5, 0.6) is 0 Å². The first-order chi connectivity index (χ1) is 11.1. The number of halogens is 2. The van der Waals surface area contributed by atoms with E-state index in [-0.39, 0.29) is 0 Å². The molecule has 0 radical (unpaired) electrons. The third-order valence-electron chi connectivity index (χ3n) is 3.63. The lowest BCUT2D eigenvalue weighted by atomic mass is 10.1. The molecule has 6 heteroatoms. The number of fused-ring (bicyclic) bond motifs is 2. The van der Waals surface area contributed by atoms with E-state index in [0.717, 1.165) is 39.6 Å². The number of aromatic amines is 1. The van der Waals surface area contributed by atoms with Gasteiger partial charge in [0, 0.05) is 10.9 Å². The predicted octanol–water partition coefficient (Wildman–Crippen LogP) is 4.90. The summed E-state index contributed by atoms with van der Waals surface area (Å²) in [4.78, 5) is 22.8. The molecule has 23 heavy (non-hydrogen) atoms. The van der Waals surface area contributed by atoms with Crippen molar-refractivity contribution in [3.63, 3.8) is 0 Å². The highest BCUT2D eigenvalue weighted by atomic mass is 35.5. The number of H-pyrrole nitrogens is 1. The fourth-order valence-electron chi connectivity index (χ4n) is 2.50. The number of benzene rings is 2. The van der Waals surface area contributed by atoms with Gasteiger partial charge < -0.3 is 4.98 Å². The smallest absolute Gasteiger partial charge is 0.168 e. The van der Waals surface area contributed by atoms with Gasteiger partial charge in [0.25, 0.3) is 0 Å². The third kappa shape index (κ3) is 2.46. The number of hydrogen-bond acceptors (Lipinski definition) is 3. The molecule has 0 unspecified atom stereocenters. The molecule has 1 N–H and O–H groups in total. The summed E-state index contributed by atoms with van der Waals surface area (Å²) in [6.07, 6.45) is 0.736. The summed E-state index contributed by atoms with van der Waals surface area (Å²) in [5.41, 5.74) is 3.67. The number of carbonyl (C=O) groups is 1. The topological polar surface area (TPSA) is 58.6 Å². The zero-order chi connectivity index (χ0) is 16.0. The molecule has 4 nitrogen and oxygen atoms in total. The van der Waals surface area contributed by atoms with Crippen molar-refractivity contribution in [1.82, 2.24) is 15.0 Å². The van der Waals surface area contributed by atoms with E-state index < -0.39 is 0 Å². The Hall–Kier alpha value is -2.43. The van der Waals surface area contributed by atoms with Gasteiger partial charge in [-0.15, -0.1) is 0 Å². The van der Waals surface area contributed by atoms with Crippen LogP contribution in [0.1, 0.15) is 10.5 Å². The molecule has 4 aromatic rings. The molecule has 0 atom stereocenters. The number of rotatable bonds is 2. The van der Waals surface area contributed by atoms with E-state index in [1.54, 1.807) is 18.2 Å². The van der Waals surface area contributed by atoms with Gasteiger partial charge in [-0.25, -0.2) is 9.97 Å². The first kappa shape index (κ1) is 14.2. The molecule has 0 saturated carbocycles. The molecule has 2 aromatic heterocycles. The summed E-state index contributed by atoms with van der Waals surface area (Å²) >= 11 is 12.1. The highest BCUT2D eigenvalue weighted by molar-refractivity contribution is 6.42. The van der Waals surface area contributed by atoms with Crippen LogP contribution >= 0.6 is 23.2 Å². The number of aldehydes is 1. The fourth-order valence-corrected chi connectivity index (χ4v) is 2.82. The summed E-state index contributed by atoms with van der Waals surface area (Å²) in [5, 5.41) is 1.89. The van der Waals surface area contributed by atoms with E-state index in [9.17, 15) is 4.79 Å². The van der Waals surface area contributed by atoms with Crippen LogP contribution in [-0.2, 0) is 0 Å². The van der Waals surface area contributed by atoms with Crippen LogP contribution < -0.4 is 0 Å². The van der Waals surface area contributed by atoms with Crippen LogP contribution in [0.4, 0.5) is 0 Å². The second kappa shape index (κ2) is 5.33. The molecule has 2 heterocycles. The molecule has 0 spiro atoms. The zero-order valence-corrected chi connectivity index (χ0v) is 13.2. The molecule has 112 valence electrons. The van der Waals surface area contributed by atoms with Crippen molar-refractivity contribution in [1.29, 1.82) is 0 Å². The lowest BCUT2D eigenvalue weighted by Crippen LogP contribution is -1.88. The molecule has 0 aliphatic rings. The summed E-state index contributed by atoms with van der Waals surface area (Å²) in [5.74, 6) is 0.722. The third-order valence-corrected chi connectivity index (χ3v) is 4.35. The Morgan fingerprint density at radius 2 is 1.74 bits per heavy atom. The van der Waals surface area contributed by atoms with Crippen LogP contribution in [0, 0.1) is 0 Å². The number of nitrogens with one attached hydrogen (secondary N) is 1. The van der Waals surface area contributed by atoms with Crippen molar-refractivity contribution in [3.05, 3.63) is 58.2 Å². The monoisotopic (exact) mass is 341 g/mol. The molecular weight excluding hydrogens is 333 g/mol. The molecule has 0 bridgehead atoms. The molecule has 2 aromatic carbocycles. The van der Waals surface area contributed by atoms with Gasteiger partial charge in [0.2, 0.25) is 0 Å². The number of hydrogen-bond donors (Lipinski definition) is 1. The van der Waals surface area contributed by atoms with Crippen molar-refractivity contribution in [2.45, 2.75) is 0 Å². The minimum atomic E-state index is 0.415. The van der Waals surface area contributed by atoms with Crippen molar-refractivity contribution in [2.24, 2.45) is 0 Å². The Morgan fingerprint density at radius 1 is 0.913 bits per heavy atom. The number of pyridine rings is 1. The minimum absolute atomic E-state index is 0.415. The Bertz CT molecular complexity index is 1030. The molecule has 0 amide bonds. The number of carbonyl (C=O) groups excluding carboxylic acids is 1. The molecule has 4 rings (SSSR count). The lowest BCUT2D eigenvalue weighted by molar-refractivity contribution is 0.111. The van der Waals surface area contributed by atoms with Gasteiger partial charge in [-0.2, -0.15) is 0 Å². The molecule has 0 aliphatic carbocycles. The fraction of sp³-hybridized carbons (Fsp3) is 0. The number of aromatic nitrogens is 3. The Balaban J connectivity index is 1.86. The van der Waals surface area contributed by atoms with E-state index in [2.05, 4.69) is 15.0 Å². The van der Waals surface area contributed by atoms with Gasteiger partial charge in [-0.3, -0.25) is 4.79 Å². The van der Waals surface area contributed by atoms with Crippen LogP contribution in [0.25, 0.3) is 33.3 Å². The molecule has 0 saturated heterocycles. The van der Waals surface area contributed by atoms with E-state index in [1.807, 2.05) is 24.3 Å². The molecule has 0 aliphatic heterocycles. The van der Waals surface area contributed by atoms with Crippen LogP contribution in [0.3, 0.4) is 0 Å².